The van der Waals surface area contributed by atoms with Gasteiger partial charge >= 0.3 is 0 Å². The predicted octanol–water partition coefficient (Wildman–Crippen LogP) is 0.823. The second-order valence-electron chi connectivity index (χ2n) is 8.15. The number of hydrogen-bond acceptors (Lipinski definition) is 5. The molecule has 0 aromatic heterocycles. The number of guanidine groups is 1. The summed E-state index contributed by atoms with van der Waals surface area (Å²) in [5.41, 5.74) is 0. The highest BCUT2D eigenvalue weighted by molar-refractivity contribution is 7.91. The molecule has 2 bridgehead atoms. The van der Waals surface area contributed by atoms with Crippen LogP contribution in [0, 0.1) is 23.7 Å². The lowest BCUT2D eigenvalue weighted by Crippen LogP contribution is -2.43. The number of rotatable bonds is 8. The Morgan fingerprint density at radius 1 is 1.06 bits per heavy atom. The lowest BCUT2D eigenvalue weighted by Gasteiger charge is -2.18. The molecule has 166 valence electrons. The van der Waals surface area contributed by atoms with Gasteiger partial charge in [-0.3, -0.25) is 19.5 Å². The molecule has 1 heterocycles. The summed E-state index contributed by atoms with van der Waals surface area (Å²) in [4.78, 5) is 31.5. The Hall–Kier alpha value is -2.68. The Balaban J connectivity index is 1.30. The summed E-state index contributed by atoms with van der Waals surface area (Å²) < 4.78 is 24.8. The minimum absolute atomic E-state index is 0.0652. The van der Waals surface area contributed by atoms with E-state index in [-0.39, 0.29) is 59.2 Å². The summed E-state index contributed by atoms with van der Waals surface area (Å²) in [7, 11) is -3.40. The molecule has 4 unspecified atom stereocenters. The second kappa shape index (κ2) is 8.82. The van der Waals surface area contributed by atoms with Crippen LogP contribution >= 0.6 is 0 Å². The van der Waals surface area contributed by atoms with Crippen molar-refractivity contribution in [2.75, 3.05) is 31.9 Å². The lowest BCUT2D eigenvalue weighted by molar-refractivity contribution is -0.140. The van der Waals surface area contributed by atoms with Crippen molar-refractivity contribution in [1.82, 2.24) is 15.5 Å². The zero-order valence-electron chi connectivity index (χ0n) is 17.5. The molecule has 1 aromatic carbocycles. The topological polar surface area (TPSA) is 108 Å². The van der Waals surface area contributed by atoms with E-state index in [1.807, 2.05) is 6.92 Å². The number of nitrogens with zero attached hydrogens (tertiary/aromatic N) is 2. The zero-order chi connectivity index (χ0) is 22.0. The van der Waals surface area contributed by atoms with Crippen molar-refractivity contribution in [2.24, 2.45) is 28.7 Å². The summed E-state index contributed by atoms with van der Waals surface area (Å²) in [6, 6.07) is 8.30. The first kappa shape index (κ1) is 21.5. The molecule has 2 N–H and O–H groups in total. The highest BCUT2D eigenvalue weighted by Gasteiger charge is 2.58. The van der Waals surface area contributed by atoms with Crippen molar-refractivity contribution in [3.05, 3.63) is 42.5 Å². The Morgan fingerprint density at radius 3 is 2.32 bits per heavy atom. The van der Waals surface area contributed by atoms with Gasteiger partial charge in [0.25, 0.3) is 0 Å². The van der Waals surface area contributed by atoms with Gasteiger partial charge in [-0.05, 0) is 37.3 Å². The molecule has 1 aromatic rings. The molecular weight excluding hydrogens is 416 g/mol. The molecular formula is C22H28N4O4S. The number of imide groups is 1. The van der Waals surface area contributed by atoms with Crippen molar-refractivity contribution < 1.29 is 18.0 Å². The van der Waals surface area contributed by atoms with Crippen LogP contribution in [0.3, 0.4) is 0 Å². The highest BCUT2D eigenvalue weighted by Crippen LogP contribution is 2.52. The van der Waals surface area contributed by atoms with E-state index in [9.17, 15) is 18.0 Å². The van der Waals surface area contributed by atoms with E-state index >= 15 is 0 Å². The molecule has 4 atom stereocenters. The number of likely N-dealkylation sites (tertiary alicyclic amines) is 1. The van der Waals surface area contributed by atoms with E-state index in [2.05, 4.69) is 27.8 Å². The first-order valence-electron chi connectivity index (χ1n) is 10.8. The van der Waals surface area contributed by atoms with E-state index < -0.39 is 9.84 Å². The average molecular weight is 445 g/mol. The largest absolute Gasteiger partial charge is 0.357 e. The van der Waals surface area contributed by atoms with Gasteiger partial charge in [-0.2, -0.15) is 0 Å². The quantitative estimate of drug-likeness (QED) is 0.266. The van der Waals surface area contributed by atoms with Crippen LogP contribution < -0.4 is 10.6 Å². The molecule has 9 heteroatoms. The van der Waals surface area contributed by atoms with Gasteiger partial charge in [0, 0.05) is 19.6 Å². The summed E-state index contributed by atoms with van der Waals surface area (Å²) >= 11 is 0. The van der Waals surface area contributed by atoms with Crippen LogP contribution in [0.15, 0.2) is 52.4 Å². The fourth-order valence-electron chi connectivity index (χ4n) is 4.84. The third kappa shape index (κ3) is 4.23. The zero-order valence-corrected chi connectivity index (χ0v) is 18.3. The van der Waals surface area contributed by atoms with E-state index in [4.69, 9.17) is 0 Å². The Labute approximate surface area is 182 Å². The molecule has 2 aliphatic carbocycles. The summed E-state index contributed by atoms with van der Waals surface area (Å²) in [5, 5.41) is 6.17. The molecule has 4 rings (SSSR count). The maximum atomic E-state index is 12.7. The number of fused-ring (bicyclic) bond motifs is 5. The molecule has 31 heavy (non-hydrogen) atoms. The van der Waals surface area contributed by atoms with Gasteiger partial charge in [-0.15, -0.1) is 0 Å². The Kier molecular flexibility index (Phi) is 6.13. The average Bonchev–Trinajstić information content (AvgIpc) is 3.44. The van der Waals surface area contributed by atoms with Gasteiger partial charge < -0.3 is 10.6 Å². The van der Waals surface area contributed by atoms with Crippen LogP contribution in [-0.4, -0.2) is 63.0 Å². The fraction of sp³-hybridized carbons (Fsp3) is 0.500. The lowest BCUT2D eigenvalue weighted by atomic mass is 9.85. The third-order valence-electron chi connectivity index (χ3n) is 6.27. The van der Waals surface area contributed by atoms with Gasteiger partial charge in [0.2, 0.25) is 11.8 Å². The molecule has 8 nitrogen and oxygen atoms in total. The molecule has 1 saturated heterocycles. The predicted molar refractivity (Wildman–Crippen MR) is 117 cm³/mol. The third-order valence-corrected chi connectivity index (χ3v) is 7.98. The number of allylic oxidation sites excluding steroid dienone is 2. The van der Waals surface area contributed by atoms with Gasteiger partial charge in [0.1, 0.15) is 0 Å². The van der Waals surface area contributed by atoms with E-state index in [0.717, 1.165) is 6.42 Å². The minimum Gasteiger partial charge on any atom is -0.357 e. The number of carbonyl (C=O) groups is 2. The fourth-order valence-corrected chi connectivity index (χ4v) is 5.97. The number of carbonyl (C=O) groups excluding carboxylic acids is 2. The Bertz CT molecular complexity index is 976. The first-order valence-corrected chi connectivity index (χ1v) is 12.4. The molecule has 2 fully saturated rings. The van der Waals surface area contributed by atoms with Crippen molar-refractivity contribution in [3.8, 4) is 0 Å². The molecule has 1 aliphatic heterocycles. The summed E-state index contributed by atoms with van der Waals surface area (Å²) in [6.07, 6.45) is 5.08. The monoisotopic (exact) mass is 444 g/mol. The number of amides is 2. The van der Waals surface area contributed by atoms with E-state index in [0.29, 0.717) is 19.0 Å². The van der Waals surface area contributed by atoms with Crippen molar-refractivity contribution in [2.45, 2.75) is 18.2 Å². The number of nitrogens with one attached hydrogen (secondary N) is 2. The molecule has 3 aliphatic rings. The standard InChI is InChI=1S/C22H28N4O4S/c1-2-23-22(25-11-13-31(29,30)17-6-4-3-5-7-17)24-10-12-26-20(27)18-15-8-9-16(14-15)19(18)21(26)28/h3-9,15-16,18-19H,2,10-14H2,1H3,(H2,23,24,25). The van der Waals surface area contributed by atoms with Crippen molar-refractivity contribution in [3.63, 3.8) is 0 Å². The minimum atomic E-state index is -3.40. The summed E-state index contributed by atoms with van der Waals surface area (Å²) in [5.74, 6) is 0.265. The first-order chi connectivity index (χ1) is 14.9. The smallest absolute Gasteiger partial charge is 0.233 e. The molecule has 0 radical (unpaired) electrons. The van der Waals surface area contributed by atoms with E-state index in [1.54, 1.807) is 30.3 Å². The van der Waals surface area contributed by atoms with Crippen molar-refractivity contribution in [1.29, 1.82) is 0 Å². The van der Waals surface area contributed by atoms with Crippen LogP contribution in [0.2, 0.25) is 0 Å². The molecule has 2 amide bonds. The number of benzene rings is 1. The van der Waals surface area contributed by atoms with Gasteiger partial charge in [-0.25, -0.2) is 8.42 Å². The second-order valence-corrected chi connectivity index (χ2v) is 10.3. The van der Waals surface area contributed by atoms with Crippen LogP contribution in [0.4, 0.5) is 0 Å². The number of hydrogen-bond donors (Lipinski definition) is 2. The molecule has 1 saturated carbocycles. The van der Waals surface area contributed by atoms with Crippen LogP contribution in [-0.2, 0) is 19.4 Å². The number of sulfone groups is 1. The highest BCUT2D eigenvalue weighted by atomic mass is 32.2. The van der Waals surface area contributed by atoms with Crippen LogP contribution in [0.5, 0.6) is 0 Å². The normalized spacial score (nSPS) is 27.1. The maximum Gasteiger partial charge on any atom is 0.233 e. The van der Waals surface area contributed by atoms with Crippen molar-refractivity contribution >= 4 is 27.6 Å². The maximum absolute atomic E-state index is 12.7. The molecule has 0 spiro atoms. The van der Waals surface area contributed by atoms with Gasteiger partial charge in [-0.1, -0.05) is 30.4 Å². The van der Waals surface area contributed by atoms with Crippen LogP contribution in [0.1, 0.15) is 13.3 Å². The van der Waals surface area contributed by atoms with Gasteiger partial charge in [0.05, 0.1) is 29.0 Å². The SMILES string of the molecule is CCNC(=NCCS(=O)(=O)c1ccccc1)NCCN1C(=O)C2C3C=CC(C3)C2C1=O. The summed E-state index contributed by atoms with van der Waals surface area (Å²) in [6.45, 7) is 3.26. The Morgan fingerprint density at radius 2 is 1.71 bits per heavy atom. The van der Waals surface area contributed by atoms with Crippen LogP contribution in [0.25, 0.3) is 0 Å². The van der Waals surface area contributed by atoms with Gasteiger partial charge in [0.15, 0.2) is 15.8 Å². The van der Waals surface area contributed by atoms with E-state index in [1.165, 1.54) is 4.90 Å². The number of aliphatic imine (C=N–C) groups is 1.